The van der Waals surface area contributed by atoms with Crippen molar-refractivity contribution in [2.75, 3.05) is 43.0 Å². The first-order chi connectivity index (χ1) is 14.9. The van der Waals surface area contributed by atoms with E-state index in [1.54, 1.807) is 36.1 Å². The number of aromatic carboxylic acids is 1. The van der Waals surface area contributed by atoms with Gasteiger partial charge in [0, 0.05) is 43.7 Å². The molecule has 9 nitrogen and oxygen atoms in total. The monoisotopic (exact) mass is 536 g/mol. The quantitative estimate of drug-likeness (QED) is 0.530. The SMILES string of the molecule is CCCCC(=O)Nc1ccc2nc(N3CCN(C(=O)OCC)CC3)cc(C(=O)O)c2c1.Cl.Cl.Cl. The van der Waals surface area contributed by atoms with Crippen LogP contribution in [0.2, 0.25) is 0 Å². The number of hydrogen-bond acceptors (Lipinski definition) is 6. The Morgan fingerprint density at radius 3 is 2.32 bits per heavy atom. The molecule has 2 heterocycles. The molecule has 12 heteroatoms. The number of carbonyl (C=O) groups is 3. The summed E-state index contributed by atoms with van der Waals surface area (Å²) in [5.41, 5.74) is 1.21. The van der Waals surface area contributed by atoms with Crippen LogP contribution in [-0.4, -0.2) is 65.7 Å². The summed E-state index contributed by atoms with van der Waals surface area (Å²) in [5.74, 6) is -0.608. The number of nitrogens with one attached hydrogen (secondary N) is 1. The van der Waals surface area contributed by atoms with Gasteiger partial charge in [0.25, 0.3) is 0 Å². The van der Waals surface area contributed by atoms with Crippen LogP contribution < -0.4 is 10.2 Å². The molecular formula is C22H31Cl3N4O5. The molecule has 1 aliphatic rings. The number of carboxylic acid groups (broad SMARTS) is 1. The second-order valence-corrected chi connectivity index (χ2v) is 7.39. The third-order valence-corrected chi connectivity index (χ3v) is 5.20. The predicted molar refractivity (Wildman–Crippen MR) is 139 cm³/mol. The Labute approximate surface area is 217 Å². The number of aromatic nitrogens is 1. The number of piperazine rings is 1. The topological polar surface area (TPSA) is 112 Å². The minimum absolute atomic E-state index is 0. The summed E-state index contributed by atoms with van der Waals surface area (Å²) in [6, 6.07) is 6.65. The van der Waals surface area contributed by atoms with Gasteiger partial charge in [0.1, 0.15) is 5.82 Å². The van der Waals surface area contributed by atoms with Crippen LogP contribution in [0.1, 0.15) is 43.5 Å². The summed E-state index contributed by atoms with van der Waals surface area (Å²) in [4.78, 5) is 44.1. The Bertz CT molecular complexity index is 984. The lowest BCUT2D eigenvalue weighted by molar-refractivity contribution is -0.116. The third-order valence-electron chi connectivity index (χ3n) is 5.20. The highest BCUT2D eigenvalue weighted by atomic mass is 35.5. The first-order valence-corrected chi connectivity index (χ1v) is 10.6. The molecule has 0 aliphatic carbocycles. The van der Waals surface area contributed by atoms with E-state index in [4.69, 9.17) is 4.74 Å². The van der Waals surface area contributed by atoms with E-state index in [2.05, 4.69) is 10.3 Å². The zero-order chi connectivity index (χ0) is 22.4. The van der Waals surface area contributed by atoms with Gasteiger partial charge in [-0.3, -0.25) is 4.79 Å². The molecule has 0 unspecified atom stereocenters. The number of fused-ring (bicyclic) bond motifs is 1. The molecule has 190 valence electrons. The highest BCUT2D eigenvalue weighted by molar-refractivity contribution is 6.05. The van der Waals surface area contributed by atoms with Crippen LogP contribution in [0.25, 0.3) is 10.9 Å². The second-order valence-electron chi connectivity index (χ2n) is 7.39. The van der Waals surface area contributed by atoms with Gasteiger partial charge in [0.2, 0.25) is 5.91 Å². The molecule has 0 spiro atoms. The largest absolute Gasteiger partial charge is 0.478 e. The highest BCUT2D eigenvalue weighted by Gasteiger charge is 2.24. The zero-order valence-corrected chi connectivity index (χ0v) is 21.6. The number of ether oxygens (including phenoxy) is 1. The lowest BCUT2D eigenvalue weighted by atomic mass is 10.1. The zero-order valence-electron chi connectivity index (χ0n) is 19.1. The van der Waals surface area contributed by atoms with Crippen LogP contribution in [-0.2, 0) is 9.53 Å². The lowest BCUT2D eigenvalue weighted by Gasteiger charge is -2.35. The Hall–Kier alpha value is -2.49. The summed E-state index contributed by atoms with van der Waals surface area (Å²) in [5, 5.41) is 13.1. The van der Waals surface area contributed by atoms with Crippen molar-refractivity contribution in [3.05, 3.63) is 29.8 Å². The van der Waals surface area contributed by atoms with Gasteiger partial charge in [-0.15, -0.1) is 37.2 Å². The smallest absolute Gasteiger partial charge is 0.409 e. The van der Waals surface area contributed by atoms with Crippen molar-refractivity contribution < 1.29 is 24.2 Å². The number of carboxylic acids is 1. The van der Waals surface area contributed by atoms with Crippen molar-refractivity contribution in [3.63, 3.8) is 0 Å². The maximum Gasteiger partial charge on any atom is 0.409 e. The first kappa shape index (κ1) is 31.5. The van der Waals surface area contributed by atoms with Gasteiger partial charge in [-0.05, 0) is 37.6 Å². The molecule has 0 saturated carbocycles. The van der Waals surface area contributed by atoms with Crippen molar-refractivity contribution >= 4 is 77.6 Å². The minimum atomic E-state index is -1.06. The number of nitrogens with zero attached hydrogens (tertiary/aromatic N) is 3. The molecule has 0 radical (unpaired) electrons. The number of anilines is 2. The van der Waals surface area contributed by atoms with E-state index in [9.17, 15) is 19.5 Å². The van der Waals surface area contributed by atoms with Crippen molar-refractivity contribution in [2.45, 2.75) is 33.1 Å². The maximum absolute atomic E-state index is 12.0. The van der Waals surface area contributed by atoms with Crippen LogP contribution in [0.3, 0.4) is 0 Å². The lowest BCUT2D eigenvalue weighted by Crippen LogP contribution is -2.49. The number of rotatable bonds is 7. The van der Waals surface area contributed by atoms with Crippen molar-refractivity contribution in [3.8, 4) is 0 Å². The number of carbonyl (C=O) groups excluding carboxylic acids is 2. The number of unbranched alkanes of at least 4 members (excludes halogenated alkanes) is 1. The molecule has 1 fully saturated rings. The average molecular weight is 538 g/mol. The van der Waals surface area contributed by atoms with Crippen LogP contribution in [0, 0.1) is 0 Å². The van der Waals surface area contributed by atoms with Gasteiger partial charge in [-0.1, -0.05) is 13.3 Å². The van der Waals surface area contributed by atoms with Gasteiger partial charge in [-0.2, -0.15) is 0 Å². The van der Waals surface area contributed by atoms with E-state index >= 15 is 0 Å². The minimum Gasteiger partial charge on any atom is -0.478 e. The molecule has 1 aromatic heterocycles. The number of amides is 2. The van der Waals surface area contributed by atoms with Crippen LogP contribution in [0.4, 0.5) is 16.3 Å². The third kappa shape index (κ3) is 7.78. The normalized spacial score (nSPS) is 12.6. The molecule has 2 amide bonds. The molecule has 1 aliphatic heterocycles. The standard InChI is InChI=1S/C22H28N4O5.3ClH/c1-3-5-6-20(27)23-15-7-8-18-16(13-15)17(21(28)29)14-19(24-18)25-9-11-26(12-10-25)22(30)31-4-2;;;/h7-8,13-14H,3-6,9-12H2,1-2H3,(H,23,27)(H,28,29);3*1H. The number of benzene rings is 1. The Morgan fingerprint density at radius 1 is 1.06 bits per heavy atom. The Morgan fingerprint density at radius 2 is 1.74 bits per heavy atom. The van der Waals surface area contributed by atoms with Crippen molar-refractivity contribution in [2.24, 2.45) is 0 Å². The van der Waals surface area contributed by atoms with E-state index in [0.717, 1.165) is 12.8 Å². The second kappa shape index (κ2) is 14.7. The molecular weight excluding hydrogens is 507 g/mol. The maximum atomic E-state index is 12.0. The molecule has 2 aromatic rings. The predicted octanol–water partition coefficient (Wildman–Crippen LogP) is 4.61. The highest BCUT2D eigenvalue weighted by Crippen LogP contribution is 2.27. The van der Waals surface area contributed by atoms with Crippen LogP contribution in [0.5, 0.6) is 0 Å². The number of pyridine rings is 1. The van der Waals surface area contributed by atoms with E-state index < -0.39 is 5.97 Å². The molecule has 34 heavy (non-hydrogen) atoms. The van der Waals surface area contributed by atoms with Crippen molar-refractivity contribution in [1.29, 1.82) is 0 Å². The molecule has 3 rings (SSSR count). The van der Waals surface area contributed by atoms with E-state index in [0.29, 0.717) is 61.6 Å². The fourth-order valence-electron chi connectivity index (χ4n) is 3.52. The van der Waals surface area contributed by atoms with Gasteiger partial charge in [0.05, 0.1) is 17.7 Å². The van der Waals surface area contributed by atoms with Crippen LogP contribution >= 0.6 is 37.2 Å². The summed E-state index contributed by atoms with van der Waals surface area (Å²) in [7, 11) is 0. The van der Waals surface area contributed by atoms with Gasteiger partial charge >= 0.3 is 12.1 Å². The fourth-order valence-corrected chi connectivity index (χ4v) is 3.52. The average Bonchev–Trinajstić information content (AvgIpc) is 2.77. The fraction of sp³-hybridized carbons (Fsp3) is 0.455. The molecule has 1 aromatic carbocycles. The van der Waals surface area contributed by atoms with Gasteiger partial charge in [0.15, 0.2) is 0 Å². The first-order valence-electron chi connectivity index (χ1n) is 10.6. The molecule has 1 saturated heterocycles. The van der Waals surface area contributed by atoms with Gasteiger partial charge in [-0.25, -0.2) is 14.6 Å². The molecule has 2 N–H and O–H groups in total. The van der Waals surface area contributed by atoms with Gasteiger partial charge < -0.3 is 25.0 Å². The van der Waals surface area contributed by atoms with E-state index in [-0.39, 0.29) is 54.8 Å². The summed E-state index contributed by atoms with van der Waals surface area (Å²) >= 11 is 0. The Kier molecular flexibility index (Phi) is 13.6. The van der Waals surface area contributed by atoms with Crippen LogP contribution in [0.15, 0.2) is 24.3 Å². The van der Waals surface area contributed by atoms with Crippen molar-refractivity contribution in [1.82, 2.24) is 9.88 Å². The molecule has 0 bridgehead atoms. The summed E-state index contributed by atoms with van der Waals surface area (Å²) in [6.45, 7) is 6.12. The van der Waals surface area contributed by atoms with E-state index in [1.807, 2.05) is 11.8 Å². The summed E-state index contributed by atoms with van der Waals surface area (Å²) in [6.07, 6.45) is 1.81. The number of halogens is 3. The van der Waals surface area contributed by atoms with E-state index in [1.165, 1.54) is 0 Å². The summed E-state index contributed by atoms with van der Waals surface area (Å²) < 4.78 is 5.04. The Balaban J connectivity index is 0.00000363. The number of hydrogen-bond donors (Lipinski definition) is 2. The molecule has 0 atom stereocenters.